The van der Waals surface area contributed by atoms with Crippen LogP contribution in [0, 0.1) is 0 Å². The minimum absolute atomic E-state index is 0.113. The fourth-order valence-corrected chi connectivity index (χ4v) is 3.06. The predicted octanol–water partition coefficient (Wildman–Crippen LogP) is 3.23. The van der Waals surface area contributed by atoms with E-state index in [9.17, 15) is 0 Å². The smallest absolute Gasteiger partial charge is 0.0702 e. The molecule has 4 heteroatoms. The van der Waals surface area contributed by atoms with Crippen molar-refractivity contribution in [3.8, 4) is 0 Å². The zero-order chi connectivity index (χ0) is 14.5. The maximum absolute atomic E-state index is 6.35. The maximum atomic E-state index is 6.35. The van der Waals surface area contributed by atoms with Gasteiger partial charge < -0.3 is 10.5 Å². The number of ether oxygens (including phenoxy) is 1. The van der Waals surface area contributed by atoms with Crippen molar-refractivity contribution < 1.29 is 4.74 Å². The van der Waals surface area contributed by atoms with Gasteiger partial charge in [0, 0.05) is 30.3 Å². The molecule has 0 aliphatic carbocycles. The minimum Gasteiger partial charge on any atom is -0.377 e. The number of nitrogens with two attached hydrogens (primary N) is 1. The number of rotatable bonds is 6. The molecule has 0 amide bonds. The first kappa shape index (κ1) is 15.8. The third-order valence-electron chi connectivity index (χ3n) is 4.08. The molecule has 0 radical (unpaired) electrons. The van der Waals surface area contributed by atoms with Crippen LogP contribution in [0.25, 0.3) is 0 Å². The van der Waals surface area contributed by atoms with Crippen molar-refractivity contribution in [1.29, 1.82) is 0 Å². The van der Waals surface area contributed by atoms with E-state index in [-0.39, 0.29) is 12.1 Å². The van der Waals surface area contributed by atoms with E-state index in [1.807, 2.05) is 12.1 Å². The van der Waals surface area contributed by atoms with Crippen molar-refractivity contribution in [3.63, 3.8) is 0 Å². The second-order valence-electron chi connectivity index (χ2n) is 5.64. The molecule has 2 N–H and O–H groups in total. The van der Waals surface area contributed by atoms with Gasteiger partial charge in [-0.15, -0.1) is 0 Å². The summed E-state index contributed by atoms with van der Waals surface area (Å²) in [5.74, 6) is 0. The first-order chi connectivity index (χ1) is 9.61. The van der Waals surface area contributed by atoms with Gasteiger partial charge in [-0.25, -0.2) is 0 Å². The Labute approximate surface area is 127 Å². The molecular formula is C16H25ClN2O. The highest BCUT2D eigenvalue weighted by molar-refractivity contribution is 6.30. The van der Waals surface area contributed by atoms with Gasteiger partial charge in [0.1, 0.15) is 0 Å². The first-order valence-electron chi connectivity index (χ1n) is 7.44. The summed E-state index contributed by atoms with van der Waals surface area (Å²) >= 11 is 5.98. The van der Waals surface area contributed by atoms with Gasteiger partial charge in [0.2, 0.25) is 0 Å². The first-order valence-corrected chi connectivity index (χ1v) is 7.82. The second-order valence-corrected chi connectivity index (χ2v) is 6.08. The monoisotopic (exact) mass is 296 g/mol. The Morgan fingerprint density at radius 1 is 1.40 bits per heavy atom. The third kappa shape index (κ3) is 3.95. The van der Waals surface area contributed by atoms with E-state index >= 15 is 0 Å². The van der Waals surface area contributed by atoms with Gasteiger partial charge in [-0.2, -0.15) is 0 Å². The standard InChI is InChI=1S/C16H25ClN2O/c1-3-15(18)16(12-6-8-13(17)9-7-12)19(2)11-14-5-4-10-20-14/h6-9,14-16H,3-5,10-11,18H2,1-2H3. The molecule has 0 aromatic heterocycles. The van der Waals surface area contributed by atoms with Crippen LogP contribution in [-0.2, 0) is 4.74 Å². The number of benzene rings is 1. The van der Waals surface area contributed by atoms with E-state index in [0.29, 0.717) is 6.10 Å². The van der Waals surface area contributed by atoms with Gasteiger partial charge in [-0.1, -0.05) is 30.7 Å². The molecule has 1 saturated heterocycles. The molecule has 1 aromatic carbocycles. The van der Waals surface area contributed by atoms with Gasteiger partial charge in [-0.05, 0) is 44.0 Å². The Balaban J connectivity index is 2.11. The largest absolute Gasteiger partial charge is 0.377 e. The van der Waals surface area contributed by atoms with Gasteiger partial charge in [0.25, 0.3) is 0 Å². The Morgan fingerprint density at radius 3 is 2.65 bits per heavy atom. The van der Waals surface area contributed by atoms with Crippen molar-refractivity contribution in [1.82, 2.24) is 4.90 Å². The Hall–Kier alpha value is -0.610. The van der Waals surface area contributed by atoms with E-state index in [2.05, 4.69) is 31.0 Å². The van der Waals surface area contributed by atoms with Crippen LogP contribution in [0.3, 0.4) is 0 Å². The van der Waals surface area contributed by atoms with E-state index < -0.39 is 0 Å². The Kier molecular flexibility index (Phi) is 5.85. The van der Waals surface area contributed by atoms with Crippen molar-refractivity contribution >= 4 is 11.6 Å². The molecule has 3 atom stereocenters. The molecule has 1 fully saturated rings. The zero-order valence-electron chi connectivity index (χ0n) is 12.4. The van der Waals surface area contributed by atoms with E-state index in [1.54, 1.807) is 0 Å². The van der Waals surface area contributed by atoms with Crippen molar-refractivity contribution in [2.24, 2.45) is 5.73 Å². The summed E-state index contributed by atoms with van der Waals surface area (Å²) in [5, 5.41) is 0.763. The summed E-state index contributed by atoms with van der Waals surface area (Å²) in [4.78, 5) is 2.33. The lowest BCUT2D eigenvalue weighted by molar-refractivity contribution is 0.0629. The molecule has 3 unspecified atom stereocenters. The molecule has 20 heavy (non-hydrogen) atoms. The Morgan fingerprint density at radius 2 is 2.10 bits per heavy atom. The molecule has 1 heterocycles. The topological polar surface area (TPSA) is 38.5 Å². The number of hydrogen-bond acceptors (Lipinski definition) is 3. The lowest BCUT2D eigenvalue weighted by Crippen LogP contribution is -2.41. The molecule has 1 aromatic rings. The van der Waals surface area contributed by atoms with Gasteiger partial charge in [0.15, 0.2) is 0 Å². The second kappa shape index (κ2) is 7.41. The molecule has 3 nitrogen and oxygen atoms in total. The van der Waals surface area contributed by atoms with Crippen LogP contribution in [0.2, 0.25) is 5.02 Å². The minimum atomic E-state index is 0.113. The molecule has 2 rings (SSSR count). The van der Waals surface area contributed by atoms with E-state index in [4.69, 9.17) is 22.1 Å². The number of nitrogens with zero attached hydrogens (tertiary/aromatic N) is 1. The van der Waals surface area contributed by atoms with Crippen LogP contribution >= 0.6 is 11.6 Å². The summed E-state index contributed by atoms with van der Waals surface area (Å²) in [6.07, 6.45) is 3.62. The van der Waals surface area contributed by atoms with Crippen molar-refractivity contribution in [2.75, 3.05) is 20.2 Å². The summed E-state index contributed by atoms with van der Waals surface area (Å²) in [7, 11) is 2.14. The Bertz CT molecular complexity index is 403. The van der Waals surface area contributed by atoms with E-state index in [1.165, 1.54) is 12.0 Å². The molecule has 0 spiro atoms. The van der Waals surface area contributed by atoms with Crippen LogP contribution < -0.4 is 5.73 Å². The van der Waals surface area contributed by atoms with Crippen LogP contribution in [0.5, 0.6) is 0 Å². The van der Waals surface area contributed by atoms with Crippen LogP contribution in [-0.4, -0.2) is 37.2 Å². The molecule has 112 valence electrons. The average molecular weight is 297 g/mol. The average Bonchev–Trinajstić information content (AvgIpc) is 2.94. The molecular weight excluding hydrogens is 272 g/mol. The van der Waals surface area contributed by atoms with Gasteiger partial charge >= 0.3 is 0 Å². The molecule has 1 aliphatic heterocycles. The fourth-order valence-electron chi connectivity index (χ4n) is 2.93. The van der Waals surface area contributed by atoms with Crippen LogP contribution in [0.4, 0.5) is 0 Å². The maximum Gasteiger partial charge on any atom is 0.0702 e. The third-order valence-corrected chi connectivity index (χ3v) is 4.33. The van der Waals surface area contributed by atoms with Crippen molar-refractivity contribution in [2.45, 2.75) is 44.4 Å². The predicted molar refractivity (Wildman–Crippen MR) is 84.1 cm³/mol. The highest BCUT2D eigenvalue weighted by Crippen LogP contribution is 2.26. The molecule has 1 aliphatic rings. The fraction of sp³-hybridized carbons (Fsp3) is 0.625. The normalized spacial score (nSPS) is 22.1. The van der Waals surface area contributed by atoms with Crippen LogP contribution in [0.1, 0.15) is 37.8 Å². The number of likely N-dealkylation sites (N-methyl/N-ethyl adjacent to an activating group) is 1. The molecule has 0 bridgehead atoms. The summed E-state index contributed by atoms with van der Waals surface area (Å²) in [6.45, 7) is 3.96. The summed E-state index contributed by atoms with van der Waals surface area (Å²) < 4.78 is 5.74. The highest BCUT2D eigenvalue weighted by Gasteiger charge is 2.26. The number of hydrogen-bond donors (Lipinski definition) is 1. The zero-order valence-corrected chi connectivity index (χ0v) is 13.1. The number of halogens is 1. The van der Waals surface area contributed by atoms with Gasteiger partial charge in [-0.3, -0.25) is 4.90 Å². The van der Waals surface area contributed by atoms with Crippen molar-refractivity contribution in [3.05, 3.63) is 34.9 Å². The van der Waals surface area contributed by atoms with E-state index in [0.717, 1.165) is 31.0 Å². The summed E-state index contributed by atoms with van der Waals surface area (Å²) in [5.41, 5.74) is 7.57. The lowest BCUT2D eigenvalue weighted by Gasteiger charge is -2.34. The van der Waals surface area contributed by atoms with Gasteiger partial charge in [0.05, 0.1) is 6.10 Å². The van der Waals surface area contributed by atoms with Crippen LogP contribution in [0.15, 0.2) is 24.3 Å². The summed E-state index contributed by atoms with van der Waals surface area (Å²) in [6, 6.07) is 8.35. The molecule has 0 saturated carbocycles. The quantitative estimate of drug-likeness (QED) is 0.876. The SMILES string of the molecule is CCC(N)C(c1ccc(Cl)cc1)N(C)CC1CCCO1. The lowest BCUT2D eigenvalue weighted by atomic mass is 9.96. The highest BCUT2D eigenvalue weighted by atomic mass is 35.5.